The Bertz CT molecular complexity index is 792. The van der Waals surface area contributed by atoms with Gasteiger partial charge in [0.15, 0.2) is 0 Å². The Balaban J connectivity index is 1.66. The molecule has 136 valence electrons. The monoisotopic (exact) mass is 356 g/mol. The van der Waals surface area contributed by atoms with Crippen LogP contribution in [-0.4, -0.2) is 36.9 Å². The van der Waals surface area contributed by atoms with Gasteiger partial charge in [0.25, 0.3) is 5.91 Å². The highest BCUT2D eigenvalue weighted by Gasteiger charge is 2.29. The first kappa shape index (κ1) is 17.9. The number of hydrogen-bond acceptors (Lipinski definition) is 3. The Morgan fingerprint density at radius 1 is 1.15 bits per heavy atom. The van der Waals surface area contributed by atoms with Crippen molar-refractivity contribution in [2.24, 2.45) is 5.92 Å². The van der Waals surface area contributed by atoms with Gasteiger partial charge in [-0.15, -0.1) is 0 Å². The number of amides is 2. The summed E-state index contributed by atoms with van der Waals surface area (Å²) in [5.41, 5.74) is 1.04. The van der Waals surface area contributed by atoms with E-state index >= 15 is 0 Å². The molecule has 2 amide bonds. The van der Waals surface area contributed by atoms with Crippen molar-refractivity contribution in [3.05, 3.63) is 59.9 Å². The predicted octanol–water partition coefficient (Wildman–Crippen LogP) is 3.33. The number of para-hydroxylation sites is 2. The van der Waals surface area contributed by atoms with Gasteiger partial charge in [-0.25, -0.2) is 4.39 Å². The van der Waals surface area contributed by atoms with Crippen LogP contribution in [0.4, 0.5) is 10.1 Å². The topological polar surface area (TPSA) is 58.6 Å². The van der Waals surface area contributed by atoms with Crippen LogP contribution in [-0.2, 0) is 4.79 Å². The van der Waals surface area contributed by atoms with E-state index in [1.165, 1.54) is 24.3 Å². The number of halogens is 1. The smallest absolute Gasteiger partial charge is 0.253 e. The largest absolute Gasteiger partial charge is 0.495 e. The lowest BCUT2D eigenvalue weighted by Gasteiger charge is -2.32. The van der Waals surface area contributed by atoms with E-state index in [0.717, 1.165) is 6.42 Å². The number of anilines is 1. The van der Waals surface area contributed by atoms with Gasteiger partial charge in [-0.1, -0.05) is 12.1 Å². The van der Waals surface area contributed by atoms with Crippen molar-refractivity contribution in [2.45, 2.75) is 12.8 Å². The van der Waals surface area contributed by atoms with Gasteiger partial charge >= 0.3 is 0 Å². The zero-order chi connectivity index (χ0) is 18.5. The Morgan fingerprint density at radius 3 is 2.62 bits per heavy atom. The fraction of sp³-hybridized carbons (Fsp3) is 0.300. The van der Waals surface area contributed by atoms with Gasteiger partial charge in [0.05, 0.1) is 18.7 Å². The molecule has 0 saturated carbocycles. The van der Waals surface area contributed by atoms with Crippen LogP contribution in [0.3, 0.4) is 0 Å². The molecule has 1 aliphatic rings. The highest BCUT2D eigenvalue weighted by atomic mass is 19.1. The summed E-state index contributed by atoms with van der Waals surface area (Å²) in [6.07, 6.45) is 1.46. The van der Waals surface area contributed by atoms with E-state index in [1.54, 1.807) is 24.1 Å². The van der Waals surface area contributed by atoms with Gasteiger partial charge in [-0.3, -0.25) is 9.59 Å². The summed E-state index contributed by atoms with van der Waals surface area (Å²) < 4.78 is 18.3. The van der Waals surface area contributed by atoms with E-state index in [9.17, 15) is 14.0 Å². The fourth-order valence-corrected chi connectivity index (χ4v) is 3.13. The van der Waals surface area contributed by atoms with Crippen LogP contribution in [0, 0.1) is 11.7 Å². The maximum atomic E-state index is 13.0. The number of carbonyl (C=O) groups excluding carboxylic acids is 2. The second kappa shape index (κ2) is 7.99. The molecule has 1 fully saturated rings. The number of rotatable bonds is 4. The van der Waals surface area contributed by atoms with Gasteiger partial charge in [-0.05, 0) is 49.2 Å². The standard InChI is InChI=1S/C20H21FN2O3/c1-26-18-7-3-2-6-17(18)22-19(24)15-5-4-12-23(13-15)20(25)14-8-10-16(21)11-9-14/h2-3,6-11,15H,4-5,12-13H2,1H3,(H,22,24)/t15-/m1/s1. The van der Waals surface area contributed by atoms with E-state index in [0.29, 0.717) is 36.5 Å². The van der Waals surface area contributed by atoms with E-state index in [-0.39, 0.29) is 23.5 Å². The zero-order valence-electron chi connectivity index (χ0n) is 14.6. The first-order valence-corrected chi connectivity index (χ1v) is 8.57. The van der Waals surface area contributed by atoms with Crippen molar-refractivity contribution < 1.29 is 18.7 Å². The Kier molecular flexibility index (Phi) is 5.51. The summed E-state index contributed by atoms with van der Waals surface area (Å²) in [5.74, 6) is -0.394. The summed E-state index contributed by atoms with van der Waals surface area (Å²) >= 11 is 0. The molecule has 2 aromatic rings. The summed E-state index contributed by atoms with van der Waals surface area (Å²) in [4.78, 5) is 26.9. The summed E-state index contributed by atoms with van der Waals surface area (Å²) in [6, 6.07) is 12.7. The lowest BCUT2D eigenvalue weighted by Crippen LogP contribution is -2.43. The number of methoxy groups -OCH3 is 1. The molecule has 1 saturated heterocycles. The van der Waals surface area contributed by atoms with Gasteiger partial charge in [0.1, 0.15) is 11.6 Å². The number of likely N-dealkylation sites (tertiary alicyclic amines) is 1. The highest BCUT2D eigenvalue weighted by molar-refractivity contribution is 5.96. The van der Waals surface area contributed by atoms with Crippen LogP contribution in [0.15, 0.2) is 48.5 Å². The molecule has 2 aromatic carbocycles. The molecule has 5 nitrogen and oxygen atoms in total. The van der Waals surface area contributed by atoms with E-state index in [4.69, 9.17) is 4.74 Å². The number of ether oxygens (including phenoxy) is 1. The van der Waals surface area contributed by atoms with Crippen LogP contribution >= 0.6 is 0 Å². The molecular formula is C20H21FN2O3. The zero-order valence-corrected chi connectivity index (χ0v) is 14.6. The molecular weight excluding hydrogens is 335 g/mol. The first-order valence-electron chi connectivity index (χ1n) is 8.57. The molecule has 3 rings (SSSR count). The molecule has 1 atom stereocenters. The van der Waals surface area contributed by atoms with Crippen LogP contribution in [0.1, 0.15) is 23.2 Å². The third-order valence-corrected chi connectivity index (χ3v) is 4.54. The van der Waals surface area contributed by atoms with E-state index in [2.05, 4.69) is 5.32 Å². The number of nitrogens with zero attached hydrogens (tertiary/aromatic N) is 1. The van der Waals surface area contributed by atoms with Gasteiger partial charge in [-0.2, -0.15) is 0 Å². The Morgan fingerprint density at radius 2 is 1.88 bits per heavy atom. The minimum absolute atomic E-state index is 0.133. The Hall–Kier alpha value is -2.89. The van der Waals surface area contributed by atoms with Gasteiger partial charge in [0, 0.05) is 18.7 Å². The van der Waals surface area contributed by atoms with Crippen molar-refractivity contribution in [3.8, 4) is 5.75 Å². The predicted molar refractivity (Wildman–Crippen MR) is 96.7 cm³/mol. The molecule has 0 radical (unpaired) electrons. The summed E-state index contributed by atoms with van der Waals surface area (Å²) in [6.45, 7) is 0.936. The van der Waals surface area contributed by atoms with Crippen molar-refractivity contribution in [3.63, 3.8) is 0 Å². The van der Waals surface area contributed by atoms with Crippen molar-refractivity contribution in [1.82, 2.24) is 4.90 Å². The molecule has 26 heavy (non-hydrogen) atoms. The van der Waals surface area contributed by atoms with Crippen LogP contribution in [0.25, 0.3) is 0 Å². The minimum Gasteiger partial charge on any atom is -0.495 e. The average molecular weight is 356 g/mol. The van der Waals surface area contributed by atoms with E-state index < -0.39 is 0 Å². The van der Waals surface area contributed by atoms with Crippen molar-refractivity contribution in [2.75, 3.05) is 25.5 Å². The molecule has 0 spiro atoms. The SMILES string of the molecule is COc1ccccc1NC(=O)[C@@H]1CCCN(C(=O)c2ccc(F)cc2)C1. The molecule has 1 heterocycles. The number of nitrogens with one attached hydrogen (secondary N) is 1. The maximum Gasteiger partial charge on any atom is 0.253 e. The molecule has 0 aliphatic carbocycles. The summed E-state index contributed by atoms with van der Waals surface area (Å²) in [5, 5.41) is 2.89. The van der Waals surface area contributed by atoms with Gasteiger partial charge in [0.2, 0.25) is 5.91 Å². The maximum absolute atomic E-state index is 13.0. The Labute approximate surface area is 151 Å². The fourth-order valence-electron chi connectivity index (χ4n) is 3.13. The normalized spacial score (nSPS) is 16.8. The molecule has 1 aliphatic heterocycles. The third kappa shape index (κ3) is 4.02. The van der Waals surface area contributed by atoms with E-state index in [1.807, 2.05) is 12.1 Å². The quantitative estimate of drug-likeness (QED) is 0.914. The highest BCUT2D eigenvalue weighted by Crippen LogP contribution is 2.26. The lowest BCUT2D eigenvalue weighted by atomic mass is 9.96. The molecule has 0 bridgehead atoms. The van der Waals surface area contributed by atoms with Crippen molar-refractivity contribution in [1.29, 1.82) is 0 Å². The number of hydrogen-bond donors (Lipinski definition) is 1. The number of carbonyl (C=O) groups is 2. The minimum atomic E-state index is -0.380. The molecule has 0 aromatic heterocycles. The van der Waals surface area contributed by atoms with Crippen LogP contribution < -0.4 is 10.1 Å². The molecule has 0 unspecified atom stereocenters. The van der Waals surface area contributed by atoms with Crippen LogP contribution in [0.5, 0.6) is 5.75 Å². The second-order valence-corrected chi connectivity index (χ2v) is 6.29. The second-order valence-electron chi connectivity index (χ2n) is 6.29. The van der Waals surface area contributed by atoms with Crippen molar-refractivity contribution >= 4 is 17.5 Å². The average Bonchev–Trinajstić information content (AvgIpc) is 2.68. The lowest BCUT2D eigenvalue weighted by molar-refractivity contribution is -0.121. The molecule has 1 N–H and O–H groups in total. The molecule has 6 heteroatoms. The first-order chi connectivity index (χ1) is 12.6. The summed E-state index contributed by atoms with van der Waals surface area (Å²) in [7, 11) is 1.55. The van der Waals surface area contributed by atoms with Gasteiger partial charge < -0.3 is 15.0 Å². The number of benzene rings is 2. The van der Waals surface area contributed by atoms with Crippen LogP contribution in [0.2, 0.25) is 0 Å². The number of piperidine rings is 1. The third-order valence-electron chi connectivity index (χ3n) is 4.54.